The van der Waals surface area contributed by atoms with Gasteiger partial charge < -0.3 is 9.84 Å². The zero-order valence-corrected chi connectivity index (χ0v) is 9.78. The molecule has 0 aliphatic heterocycles. The van der Waals surface area contributed by atoms with Crippen LogP contribution in [-0.4, -0.2) is 33.3 Å². The summed E-state index contributed by atoms with van der Waals surface area (Å²) in [4.78, 5) is 0.0671. The Balaban J connectivity index is 2.72. The fourth-order valence-electron chi connectivity index (χ4n) is 1.34. The minimum Gasteiger partial charge on any atom is -0.390 e. The standard InChI is InChI=1S/C10H15NO4S/c1-15-7-9(12)6-8-2-4-10(5-3-8)16(11,13)14/h2-5,9,12H,6-7H2,1H3,(H2,11,13,14). The predicted molar refractivity (Wildman–Crippen MR) is 59.4 cm³/mol. The second-order valence-electron chi connectivity index (χ2n) is 3.50. The highest BCUT2D eigenvalue weighted by molar-refractivity contribution is 7.89. The van der Waals surface area contributed by atoms with Gasteiger partial charge in [0.2, 0.25) is 10.0 Å². The number of sulfonamides is 1. The Morgan fingerprint density at radius 3 is 2.38 bits per heavy atom. The Bertz CT molecular complexity index is 427. The largest absolute Gasteiger partial charge is 0.390 e. The normalized spacial score (nSPS) is 13.7. The summed E-state index contributed by atoms with van der Waals surface area (Å²) in [6, 6.07) is 6.09. The molecule has 0 saturated heterocycles. The van der Waals surface area contributed by atoms with Crippen LogP contribution in [0.15, 0.2) is 29.2 Å². The number of nitrogens with two attached hydrogens (primary N) is 1. The van der Waals surface area contributed by atoms with Crippen molar-refractivity contribution >= 4 is 10.0 Å². The highest BCUT2D eigenvalue weighted by Gasteiger charge is 2.08. The molecule has 0 radical (unpaired) electrons. The number of hydrogen-bond acceptors (Lipinski definition) is 4. The minimum absolute atomic E-state index is 0.0671. The highest BCUT2D eigenvalue weighted by atomic mass is 32.2. The van der Waals surface area contributed by atoms with E-state index in [9.17, 15) is 13.5 Å². The summed E-state index contributed by atoms with van der Waals surface area (Å²) in [5.41, 5.74) is 0.831. The van der Waals surface area contributed by atoms with Crippen molar-refractivity contribution in [2.75, 3.05) is 13.7 Å². The summed E-state index contributed by atoms with van der Waals surface area (Å²) < 4.78 is 26.7. The van der Waals surface area contributed by atoms with Crippen molar-refractivity contribution < 1.29 is 18.3 Å². The van der Waals surface area contributed by atoms with Gasteiger partial charge in [-0.25, -0.2) is 13.6 Å². The van der Waals surface area contributed by atoms with Gasteiger partial charge >= 0.3 is 0 Å². The van der Waals surface area contributed by atoms with Crippen LogP contribution in [0.4, 0.5) is 0 Å². The van der Waals surface area contributed by atoms with Crippen LogP contribution in [-0.2, 0) is 21.2 Å². The van der Waals surface area contributed by atoms with E-state index in [2.05, 4.69) is 0 Å². The van der Waals surface area contributed by atoms with E-state index in [1.807, 2.05) is 0 Å². The van der Waals surface area contributed by atoms with Gasteiger partial charge in [0.05, 0.1) is 17.6 Å². The highest BCUT2D eigenvalue weighted by Crippen LogP contribution is 2.10. The minimum atomic E-state index is -3.65. The van der Waals surface area contributed by atoms with E-state index < -0.39 is 16.1 Å². The fraction of sp³-hybridized carbons (Fsp3) is 0.400. The number of ether oxygens (including phenoxy) is 1. The van der Waals surface area contributed by atoms with E-state index in [0.29, 0.717) is 6.42 Å². The number of primary sulfonamides is 1. The summed E-state index contributed by atoms with van der Waals surface area (Å²) in [7, 11) is -2.14. The molecule has 0 amide bonds. The first-order valence-electron chi connectivity index (χ1n) is 4.72. The Morgan fingerprint density at radius 2 is 1.94 bits per heavy atom. The molecule has 90 valence electrons. The summed E-state index contributed by atoms with van der Waals surface area (Å²) in [6.07, 6.45) is -0.177. The number of rotatable bonds is 5. The van der Waals surface area contributed by atoms with Crippen LogP contribution in [0.5, 0.6) is 0 Å². The summed E-state index contributed by atoms with van der Waals surface area (Å²) in [5, 5.41) is 14.4. The molecule has 0 heterocycles. The van der Waals surface area contributed by atoms with Crippen LogP contribution in [0, 0.1) is 0 Å². The predicted octanol–water partition coefficient (Wildman–Crippen LogP) is -0.116. The molecule has 0 spiro atoms. The Morgan fingerprint density at radius 1 is 1.38 bits per heavy atom. The Labute approximate surface area is 94.9 Å². The zero-order chi connectivity index (χ0) is 12.2. The molecule has 16 heavy (non-hydrogen) atoms. The maximum absolute atomic E-state index is 11.0. The van der Waals surface area contributed by atoms with Crippen molar-refractivity contribution in [1.29, 1.82) is 0 Å². The van der Waals surface area contributed by atoms with Crippen molar-refractivity contribution in [1.82, 2.24) is 0 Å². The van der Waals surface area contributed by atoms with Crippen LogP contribution in [0.2, 0.25) is 0 Å². The topological polar surface area (TPSA) is 89.6 Å². The number of aliphatic hydroxyl groups is 1. The van der Waals surface area contributed by atoms with Gasteiger partial charge in [-0.2, -0.15) is 0 Å². The molecule has 1 aromatic rings. The Hall–Kier alpha value is -0.950. The third-order valence-corrected chi connectivity index (χ3v) is 3.01. The number of benzene rings is 1. The van der Waals surface area contributed by atoms with Gasteiger partial charge in [0, 0.05) is 13.5 Å². The van der Waals surface area contributed by atoms with Crippen LogP contribution in [0.1, 0.15) is 5.56 Å². The molecule has 0 saturated carbocycles. The Kier molecular flexibility index (Phi) is 4.43. The lowest BCUT2D eigenvalue weighted by Gasteiger charge is -2.09. The molecule has 0 aromatic heterocycles. The lowest BCUT2D eigenvalue weighted by Crippen LogP contribution is -2.17. The average molecular weight is 245 g/mol. The van der Waals surface area contributed by atoms with Gasteiger partial charge in [-0.05, 0) is 17.7 Å². The smallest absolute Gasteiger partial charge is 0.238 e. The first kappa shape index (κ1) is 13.1. The van der Waals surface area contributed by atoms with Gasteiger partial charge in [-0.3, -0.25) is 0 Å². The van der Waals surface area contributed by atoms with Crippen molar-refractivity contribution in [3.8, 4) is 0 Å². The summed E-state index contributed by atoms with van der Waals surface area (Å²) in [5.74, 6) is 0. The molecule has 5 nitrogen and oxygen atoms in total. The summed E-state index contributed by atoms with van der Waals surface area (Å²) >= 11 is 0. The first-order valence-corrected chi connectivity index (χ1v) is 6.27. The first-order chi connectivity index (χ1) is 7.43. The molecule has 1 atom stereocenters. The van der Waals surface area contributed by atoms with Crippen molar-refractivity contribution in [2.45, 2.75) is 17.4 Å². The maximum Gasteiger partial charge on any atom is 0.238 e. The molecular weight excluding hydrogens is 230 g/mol. The number of aliphatic hydroxyl groups excluding tert-OH is 1. The fourth-order valence-corrected chi connectivity index (χ4v) is 1.85. The molecule has 0 bridgehead atoms. The summed E-state index contributed by atoms with van der Waals surface area (Å²) in [6.45, 7) is 0.247. The molecule has 1 rings (SSSR count). The van der Waals surface area contributed by atoms with Gasteiger partial charge in [-0.1, -0.05) is 12.1 Å². The van der Waals surface area contributed by atoms with Crippen LogP contribution in [0.25, 0.3) is 0 Å². The maximum atomic E-state index is 11.0. The van der Waals surface area contributed by atoms with Gasteiger partial charge in [0.25, 0.3) is 0 Å². The molecule has 0 aliphatic rings. The van der Waals surface area contributed by atoms with E-state index in [-0.39, 0.29) is 11.5 Å². The van der Waals surface area contributed by atoms with E-state index in [1.165, 1.54) is 19.2 Å². The lowest BCUT2D eigenvalue weighted by atomic mass is 10.1. The number of hydrogen-bond donors (Lipinski definition) is 2. The van der Waals surface area contributed by atoms with Crippen molar-refractivity contribution in [2.24, 2.45) is 5.14 Å². The monoisotopic (exact) mass is 245 g/mol. The third kappa shape index (κ3) is 3.90. The molecule has 1 unspecified atom stereocenters. The second-order valence-corrected chi connectivity index (χ2v) is 5.06. The van der Waals surface area contributed by atoms with E-state index in [4.69, 9.17) is 9.88 Å². The lowest BCUT2D eigenvalue weighted by molar-refractivity contribution is 0.0650. The van der Waals surface area contributed by atoms with Crippen molar-refractivity contribution in [3.63, 3.8) is 0 Å². The van der Waals surface area contributed by atoms with Crippen molar-refractivity contribution in [3.05, 3.63) is 29.8 Å². The SMILES string of the molecule is COCC(O)Cc1ccc(S(N)(=O)=O)cc1. The van der Waals surface area contributed by atoms with Gasteiger partial charge in [-0.15, -0.1) is 0 Å². The quantitative estimate of drug-likeness (QED) is 0.757. The van der Waals surface area contributed by atoms with E-state index in [0.717, 1.165) is 5.56 Å². The molecule has 6 heteroatoms. The number of methoxy groups -OCH3 is 1. The second kappa shape index (κ2) is 5.40. The molecular formula is C10H15NO4S. The van der Waals surface area contributed by atoms with Gasteiger partial charge in [0.1, 0.15) is 0 Å². The van der Waals surface area contributed by atoms with Crippen LogP contribution < -0.4 is 5.14 Å². The molecule has 3 N–H and O–H groups in total. The molecule has 1 aromatic carbocycles. The van der Waals surface area contributed by atoms with Crippen LogP contribution >= 0.6 is 0 Å². The van der Waals surface area contributed by atoms with E-state index >= 15 is 0 Å². The molecule has 0 aliphatic carbocycles. The van der Waals surface area contributed by atoms with Gasteiger partial charge in [0.15, 0.2) is 0 Å². The molecule has 0 fully saturated rings. The van der Waals surface area contributed by atoms with Crippen LogP contribution in [0.3, 0.4) is 0 Å². The van der Waals surface area contributed by atoms with E-state index in [1.54, 1.807) is 12.1 Å². The zero-order valence-electron chi connectivity index (χ0n) is 8.96. The third-order valence-electron chi connectivity index (χ3n) is 2.08. The average Bonchev–Trinajstić information content (AvgIpc) is 2.17.